The monoisotopic (exact) mass is 198 g/mol. The van der Waals surface area contributed by atoms with Gasteiger partial charge in [0.15, 0.2) is 0 Å². The van der Waals surface area contributed by atoms with Crippen LogP contribution in [0.2, 0.25) is 0 Å². The molecule has 0 aromatic heterocycles. The van der Waals surface area contributed by atoms with Gasteiger partial charge in [0.05, 0.1) is 0 Å². The molecule has 3 rings (SSSR count). The Kier molecular flexibility index (Phi) is 1.94. The van der Waals surface area contributed by atoms with Crippen molar-refractivity contribution in [2.45, 2.75) is 19.4 Å². The Morgan fingerprint density at radius 2 is 1.93 bits per heavy atom. The van der Waals surface area contributed by atoms with Crippen molar-refractivity contribution in [3.8, 4) is 0 Å². The molecule has 2 heteroatoms. The van der Waals surface area contributed by atoms with Gasteiger partial charge in [-0.05, 0) is 17.9 Å². The van der Waals surface area contributed by atoms with Gasteiger partial charge in [0.1, 0.15) is 11.9 Å². The van der Waals surface area contributed by atoms with Crippen molar-refractivity contribution in [1.82, 2.24) is 0 Å². The molecular formula is C13H14N2. The highest BCUT2D eigenvalue weighted by atomic mass is 15.0. The minimum absolute atomic E-state index is 0.161. The van der Waals surface area contributed by atoms with Gasteiger partial charge in [0.25, 0.3) is 0 Å². The highest BCUT2D eigenvalue weighted by molar-refractivity contribution is 5.99. The molecule has 1 aromatic rings. The van der Waals surface area contributed by atoms with E-state index in [1.165, 1.54) is 12.0 Å². The summed E-state index contributed by atoms with van der Waals surface area (Å²) in [5.74, 6) is 2.49. The predicted octanol–water partition coefficient (Wildman–Crippen LogP) is 2.87. The van der Waals surface area contributed by atoms with E-state index in [-0.39, 0.29) is 6.04 Å². The third kappa shape index (κ3) is 1.60. The Morgan fingerprint density at radius 3 is 2.60 bits per heavy atom. The van der Waals surface area contributed by atoms with Crippen molar-refractivity contribution in [2.24, 2.45) is 21.8 Å². The average Bonchev–Trinajstić information content (AvgIpc) is 2.83. The zero-order valence-corrected chi connectivity index (χ0v) is 8.80. The molecule has 2 aliphatic rings. The fourth-order valence-corrected chi connectivity index (χ4v) is 2.04. The second-order valence-corrected chi connectivity index (χ2v) is 4.44. The first-order valence-electron chi connectivity index (χ1n) is 5.51. The van der Waals surface area contributed by atoms with Gasteiger partial charge < -0.3 is 0 Å². The van der Waals surface area contributed by atoms with Gasteiger partial charge in [0.2, 0.25) is 0 Å². The summed E-state index contributed by atoms with van der Waals surface area (Å²) in [6.07, 6.45) is 3.23. The van der Waals surface area contributed by atoms with E-state index in [2.05, 4.69) is 41.2 Å². The molecule has 1 fully saturated rings. The van der Waals surface area contributed by atoms with Crippen LogP contribution in [0.25, 0.3) is 0 Å². The number of nitrogens with zero attached hydrogens (tertiary/aromatic N) is 2. The van der Waals surface area contributed by atoms with E-state index in [1.807, 2.05) is 12.3 Å². The smallest absolute Gasteiger partial charge is 0.127 e. The summed E-state index contributed by atoms with van der Waals surface area (Å²) >= 11 is 0. The van der Waals surface area contributed by atoms with Crippen LogP contribution < -0.4 is 0 Å². The van der Waals surface area contributed by atoms with Crippen LogP contribution in [0.3, 0.4) is 0 Å². The summed E-state index contributed by atoms with van der Waals surface area (Å²) in [6.45, 7) is 2.26. The maximum atomic E-state index is 4.67. The van der Waals surface area contributed by atoms with Crippen molar-refractivity contribution in [1.29, 1.82) is 0 Å². The number of hydrogen-bond acceptors (Lipinski definition) is 2. The van der Waals surface area contributed by atoms with Crippen LogP contribution in [0, 0.1) is 11.8 Å². The quantitative estimate of drug-likeness (QED) is 0.698. The van der Waals surface area contributed by atoms with Gasteiger partial charge in [-0.25, -0.2) is 4.99 Å². The van der Waals surface area contributed by atoms with Gasteiger partial charge in [0, 0.05) is 12.1 Å². The third-order valence-corrected chi connectivity index (χ3v) is 3.20. The van der Waals surface area contributed by atoms with E-state index < -0.39 is 0 Å². The van der Waals surface area contributed by atoms with Crippen molar-refractivity contribution >= 4 is 12.1 Å². The van der Waals surface area contributed by atoms with E-state index in [4.69, 9.17) is 0 Å². The van der Waals surface area contributed by atoms with Gasteiger partial charge in [-0.2, -0.15) is 0 Å². The van der Waals surface area contributed by atoms with Gasteiger partial charge >= 0.3 is 0 Å². The lowest BCUT2D eigenvalue weighted by atomic mass is 10.1. The lowest BCUT2D eigenvalue weighted by molar-refractivity contribution is 0.908. The Labute approximate surface area is 89.8 Å². The summed E-state index contributed by atoms with van der Waals surface area (Å²) in [5, 5.41) is 0. The highest BCUT2D eigenvalue weighted by Crippen LogP contribution is 2.41. The minimum Gasteiger partial charge on any atom is -0.256 e. The zero-order valence-electron chi connectivity index (χ0n) is 8.80. The molecule has 2 nitrogen and oxygen atoms in total. The summed E-state index contributed by atoms with van der Waals surface area (Å²) in [6, 6.07) is 10.5. The molecule has 3 unspecified atom stereocenters. The highest BCUT2D eigenvalue weighted by Gasteiger charge is 2.38. The van der Waals surface area contributed by atoms with Crippen LogP contribution in [0.1, 0.15) is 24.9 Å². The molecule has 0 spiro atoms. The van der Waals surface area contributed by atoms with Crippen molar-refractivity contribution in [2.75, 3.05) is 0 Å². The summed E-state index contributed by atoms with van der Waals surface area (Å²) < 4.78 is 0. The first-order valence-corrected chi connectivity index (χ1v) is 5.51. The average molecular weight is 198 g/mol. The topological polar surface area (TPSA) is 24.7 Å². The number of amidine groups is 1. The second-order valence-electron chi connectivity index (χ2n) is 4.44. The Hall–Kier alpha value is -1.44. The Morgan fingerprint density at radius 1 is 1.20 bits per heavy atom. The first-order chi connectivity index (χ1) is 7.34. The maximum Gasteiger partial charge on any atom is 0.127 e. The molecule has 1 saturated carbocycles. The molecule has 76 valence electrons. The third-order valence-electron chi connectivity index (χ3n) is 3.20. The molecular weight excluding hydrogens is 184 g/mol. The van der Waals surface area contributed by atoms with E-state index in [0.29, 0.717) is 5.92 Å². The predicted molar refractivity (Wildman–Crippen MR) is 62.4 cm³/mol. The van der Waals surface area contributed by atoms with Gasteiger partial charge in [-0.15, -0.1) is 0 Å². The zero-order chi connectivity index (χ0) is 10.3. The molecule has 3 atom stereocenters. The summed E-state index contributed by atoms with van der Waals surface area (Å²) in [5.41, 5.74) is 1.24. The molecule has 0 saturated heterocycles. The number of aliphatic imine (C=N–C) groups is 2. The Balaban J connectivity index is 1.81. The molecule has 1 heterocycles. The van der Waals surface area contributed by atoms with Crippen LogP contribution in [0.4, 0.5) is 0 Å². The fraction of sp³-hybridized carbons (Fsp3) is 0.385. The fourth-order valence-electron chi connectivity index (χ4n) is 2.04. The maximum absolute atomic E-state index is 4.67. The van der Waals surface area contributed by atoms with Crippen LogP contribution in [0.15, 0.2) is 40.3 Å². The number of rotatable bonds is 2. The molecule has 0 bridgehead atoms. The molecule has 0 N–H and O–H groups in total. The van der Waals surface area contributed by atoms with Crippen LogP contribution >= 0.6 is 0 Å². The van der Waals surface area contributed by atoms with Crippen molar-refractivity contribution < 1.29 is 0 Å². The largest absolute Gasteiger partial charge is 0.256 e. The molecule has 1 aliphatic carbocycles. The van der Waals surface area contributed by atoms with Crippen molar-refractivity contribution in [3.05, 3.63) is 35.9 Å². The lowest BCUT2D eigenvalue weighted by Crippen LogP contribution is -1.96. The standard InChI is InChI=1S/C13H14N2/c1-9-7-11(9)13-14-8-12(15-13)10-5-3-2-4-6-10/h2-6,8-9,11-12H,7H2,1H3. The number of hydrogen-bond donors (Lipinski definition) is 0. The SMILES string of the molecule is CC1CC1C1=NC(c2ccccc2)C=N1. The van der Waals surface area contributed by atoms with E-state index in [1.54, 1.807) is 0 Å². The lowest BCUT2D eigenvalue weighted by Gasteiger charge is -2.02. The van der Waals surface area contributed by atoms with Crippen LogP contribution in [-0.2, 0) is 0 Å². The van der Waals surface area contributed by atoms with Crippen LogP contribution in [0.5, 0.6) is 0 Å². The van der Waals surface area contributed by atoms with E-state index >= 15 is 0 Å². The first kappa shape index (κ1) is 8.84. The van der Waals surface area contributed by atoms with Gasteiger partial charge in [-0.3, -0.25) is 4.99 Å². The summed E-state index contributed by atoms with van der Waals surface area (Å²) in [4.78, 5) is 9.10. The Bertz CT molecular complexity index is 419. The summed E-state index contributed by atoms with van der Waals surface area (Å²) in [7, 11) is 0. The molecule has 1 aliphatic heterocycles. The van der Waals surface area contributed by atoms with E-state index in [9.17, 15) is 0 Å². The van der Waals surface area contributed by atoms with Crippen molar-refractivity contribution in [3.63, 3.8) is 0 Å². The minimum atomic E-state index is 0.161. The molecule has 0 amide bonds. The molecule has 0 radical (unpaired) electrons. The molecule has 1 aromatic carbocycles. The van der Waals surface area contributed by atoms with E-state index in [0.717, 1.165) is 11.8 Å². The molecule has 15 heavy (non-hydrogen) atoms. The van der Waals surface area contributed by atoms with Crippen LogP contribution in [-0.4, -0.2) is 12.1 Å². The normalized spacial score (nSPS) is 32.9. The van der Waals surface area contributed by atoms with Gasteiger partial charge in [-0.1, -0.05) is 37.3 Å². The second kappa shape index (κ2) is 3.30. The number of benzene rings is 1.